The number of aryl methyl sites for hydroxylation is 2. The average Bonchev–Trinajstić information content (AvgIpc) is 3.27. The molecule has 2 amide bonds. The Morgan fingerprint density at radius 3 is 2.79 bits per heavy atom. The van der Waals surface area contributed by atoms with Crippen molar-refractivity contribution >= 4 is 21.6 Å². The van der Waals surface area contributed by atoms with Crippen LogP contribution in [0.3, 0.4) is 0 Å². The van der Waals surface area contributed by atoms with E-state index in [0.29, 0.717) is 12.5 Å². The number of rotatable bonds is 2. The number of nitrogens with one attached hydrogen (secondary N) is 1. The SMILES string of the molecule is CC1(C)COc2c(S(N)(=O)=NC(=O)Nc3c4c(cc5c3CC5)CCC4)cnn21. The largest absolute Gasteiger partial charge is 0.474 e. The molecule has 2 aromatic rings. The second-order valence-corrected chi connectivity index (χ2v) is 10.1. The number of hydrogen-bond acceptors (Lipinski definition) is 4. The maximum atomic E-state index is 13.0. The van der Waals surface area contributed by atoms with Gasteiger partial charge in [0.05, 0.1) is 11.7 Å². The third kappa shape index (κ3) is 2.56. The highest BCUT2D eigenvalue weighted by Crippen LogP contribution is 2.40. The first-order valence-electron chi connectivity index (χ1n) is 9.50. The predicted molar refractivity (Wildman–Crippen MR) is 105 cm³/mol. The van der Waals surface area contributed by atoms with Crippen LogP contribution in [0.2, 0.25) is 0 Å². The van der Waals surface area contributed by atoms with Gasteiger partial charge in [0.25, 0.3) is 0 Å². The van der Waals surface area contributed by atoms with Gasteiger partial charge in [-0.2, -0.15) is 5.10 Å². The van der Waals surface area contributed by atoms with Crippen molar-refractivity contribution in [3.05, 3.63) is 34.5 Å². The third-order valence-electron chi connectivity index (χ3n) is 5.84. The van der Waals surface area contributed by atoms with Crippen molar-refractivity contribution in [2.24, 2.45) is 9.50 Å². The third-order valence-corrected chi connectivity index (χ3v) is 7.19. The van der Waals surface area contributed by atoms with Crippen LogP contribution < -0.4 is 15.2 Å². The highest BCUT2D eigenvalue weighted by Gasteiger charge is 2.36. The van der Waals surface area contributed by atoms with Gasteiger partial charge in [-0.3, -0.25) is 0 Å². The lowest BCUT2D eigenvalue weighted by Crippen LogP contribution is -2.26. The summed E-state index contributed by atoms with van der Waals surface area (Å²) in [7, 11) is -3.48. The van der Waals surface area contributed by atoms with E-state index in [-0.39, 0.29) is 10.4 Å². The number of hydrogen-bond donors (Lipinski definition) is 2. The summed E-state index contributed by atoms with van der Waals surface area (Å²) in [5.41, 5.74) is 5.42. The Labute approximate surface area is 163 Å². The Morgan fingerprint density at radius 1 is 1.29 bits per heavy atom. The fourth-order valence-corrected chi connectivity index (χ4v) is 5.27. The van der Waals surface area contributed by atoms with Gasteiger partial charge in [0.15, 0.2) is 9.92 Å². The van der Waals surface area contributed by atoms with Crippen LogP contribution in [0.15, 0.2) is 21.5 Å². The molecule has 0 radical (unpaired) electrons. The summed E-state index contributed by atoms with van der Waals surface area (Å²) in [5.74, 6) is 0.318. The van der Waals surface area contributed by atoms with E-state index in [0.717, 1.165) is 37.8 Å². The Morgan fingerprint density at radius 2 is 2.04 bits per heavy atom. The zero-order valence-electron chi connectivity index (χ0n) is 15.9. The number of urea groups is 1. The summed E-state index contributed by atoms with van der Waals surface area (Å²) in [6.07, 6.45) is 6.41. The quantitative estimate of drug-likeness (QED) is 0.805. The number of benzene rings is 1. The monoisotopic (exact) mass is 401 g/mol. The molecule has 28 heavy (non-hydrogen) atoms. The number of nitrogens with two attached hydrogens (primary N) is 1. The van der Waals surface area contributed by atoms with Crippen molar-refractivity contribution in [1.29, 1.82) is 0 Å². The summed E-state index contributed by atoms with van der Waals surface area (Å²) < 4.78 is 24.1. The highest BCUT2D eigenvalue weighted by atomic mass is 32.2. The number of amides is 2. The number of fused-ring (bicyclic) bond motifs is 3. The number of nitrogens with zero attached hydrogens (tertiary/aromatic N) is 3. The molecule has 1 atom stereocenters. The molecule has 8 nitrogen and oxygen atoms in total. The van der Waals surface area contributed by atoms with Gasteiger partial charge in [-0.1, -0.05) is 6.07 Å². The molecule has 2 aliphatic carbocycles. The molecule has 148 valence electrons. The first-order chi connectivity index (χ1) is 13.3. The van der Waals surface area contributed by atoms with Crippen molar-refractivity contribution in [3.63, 3.8) is 0 Å². The zero-order valence-corrected chi connectivity index (χ0v) is 16.8. The molecule has 2 heterocycles. The Balaban J connectivity index is 1.48. The second kappa shape index (κ2) is 5.81. The normalized spacial score (nSPS) is 20.2. The van der Waals surface area contributed by atoms with Crippen LogP contribution >= 0.6 is 0 Å². The highest BCUT2D eigenvalue weighted by molar-refractivity contribution is 7.91. The average molecular weight is 401 g/mol. The maximum absolute atomic E-state index is 13.0. The Hall–Kier alpha value is -2.39. The van der Waals surface area contributed by atoms with Crippen molar-refractivity contribution in [1.82, 2.24) is 9.78 Å². The van der Waals surface area contributed by atoms with Gasteiger partial charge >= 0.3 is 6.03 Å². The minimum absolute atomic E-state index is 0.152. The summed E-state index contributed by atoms with van der Waals surface area (Å²) in [6.45, 7) is 4.30. The number of aromatic nitrogens is 2. The molecule has 0 saturated heterocycles. The maximum Gasteiger partial charge on any atom is 0.354 e. The second-order valence-electron chi connectivity index (χ2n) is 8.30. The van der Waals surface area contributed by atoms with Gasteiger partial charge < -0.3 is 10.1 Å². The van der Waals surface area contributed by atoms with E-state index in [1.807, 2.05) is 13.8 Å². The molecule has 1 aromatic heterocycles. The minimum atomic E-state index is -3.48. The van der Waals surface area contributed by atoms with Crippen molar-refractivity contribution < 1.29 is 13.7 Å². The van der Waals surface area contributed by atoms with Crippen molar-refractivity contribution in [2.75, 3.05) is 11.9 Å². The van der Waals surface area contributed by atoms with Gasteiger partial charge in [-0.15, -0.1) is 4.36 Å². The minimum Gasteiger partial charge on any atom is -0.474 e. The van der Waals surface area contributed by atoms with Crippen LogP contribution in [0.25, 0.3) is 0 Å². The number of anilines is 1. The van der Waals surface area contributed by atoms with E-state index < -0.39 is 15.9 Å². The van der Waals surface area contributed by atoms with Crippen molar-refractivity contribution in [3.8, 4) is 5.88 Å². The van der Waals surface area contributed by atoms with E-state index in [1.54, 1.807) is 4.68 Å². The molecular weight excluding hydrogens is 378 g/mol. The fourth-order valence-electron chi connectivity index (χ4n) is 4.29. The van der Waals surface area contributed by atoms with Gasteiger partial charge in [-0.05, 0) is 68.2 Å². The van der Waals surface area contributed by atoms with Crippen LogP contribution in [0.4, 0.5) is 10.5 Å². The van der Waals surface area contributed by atoms with E-state index in [9.17, 15) is 9.00 Å². The summed E-state index contributed by atoms with van der Waals surface area (Å²) in [5, 5.41) is 13.1. The molecule has 5 rings (SSSR count). The number of ether oxygens (including phenoxy) is 1. The molecule has 0 bridgehead atoms. The summed E-state index contributed by atoms with van der Waals surface area (Å²) in [6, 6.07) is 1.56. The van der Waals surface area contributed by atoms with Crippen LogP contribution in [-0.4, -0.2) is 26.6 Å². The number of carbonyl (C=O) groups is 1. The van der Waals surface area contributed by atoms with E-state index >= 15 is 0 Å². The first-order valence-corrected chi connectivity index (χ1v) is 11.1. The lowest BCUT2D eigenvalue weighted by atomic mass is 9.83. The van der Waals surface area contributed by atoms with Crippen LogP contribution in [0, 0.1) is 0 Å². The van der Waals surface area contributed by atoms with Gasteiger partial charge in [0.2, 0.25) is 5.88 Å². The molecule has 1 aromatic carbocycles. The van der Waals surface area contributed by atoms with Crippen molar-refractivity contribution in [2.45, 2.75) is 56.4 Å². The van der Waals surface area contributed by atoms with E-state index in [2.05, 4.69) is 20.8 Å². The van der Waals surface area contributed by atoms with Crippen LogP contribution in [0.1, 0.15) is 42.5 Å². The predicted octanol–water partition coefficient (Wildman–Crippen LogP) is 2.53. The van der Waals surface area contributed by atoms with Gasteiger partial charge in [0.1, 0.15) is 11.5 Å². The van der Waals surface area contributed by atoms with E-state index in [1.165, 1.54) is 28.5 Å². The Kier molecular flexibility index (Phi) is 3.67. The molecule has 3 aliphatic rings. The summed E-state index contributed by atoms with van der Waals surface area (Å²) >= 11 is 0. The molecule has 1 aliphatic heterocycles. The first kappa shape index (κ1) is 17.7. The molecule has 9 heteroatoms. The molecule has 0 spiro atoms. The lowest BCUT2D eigenvalue weighted by Gasteiger charge is -2.25. The topological polar surface area (TPSA) is 112 Å². The molecule has 1 unspecified atom stereocenters. The molecular formula is C19H23N5O3S. The van der Waals surface area contributed by atoms with Crippen LogP contribution in [-0.2, 0) is 41.1 Å². The lowest BCUT2D eigenvalue weighted by molar-refractivity contribution is 0.259. The van der Waals surface area contributed by atoms with Crippen LogP contribution in [0.5, 0.6) is 5.88 Å². The molecule has 3 N–H and O–H groups in total. The fraction of sp³-hybridized carbons (Fsp3) is 0.474. The Bertz CT molecular complexity index is 1140. The van der Waals surface area contributed by atoms with Gasteiger partial charge in [0, 0.05) is 5.69 Å². The molecule has 0 saturated carbocycles. The van der Waals surface area contributed by atoms with Gasteiger partial charge in [-0.25, -0.2) is 18.8 Å². The molecule has 0 fully saturated rings. The van der Waals surface area contributed by atoms with E-state index in [4.69, 9.17) is 9.88 Å². The zero-order chi connectivity index (χ0) is 19.7. The summed E-state index contributed by atoms with van der Waals surface area (Å²) in [4.78, 5) is 12.8. The number of carbonyl (C=O) groups excluding carboxylic acids is 1. The standard InChI is InChI=1S/C19H23N5O3S/c1-19(2)10-27-17-15(9-21-24(17)19)28(20,26)23-18(25)22-16-13-5-3-4-11(13)8-12-6-7-14(12)16/h8-9H,3-7,10H2,1-2H3,(H3,20,22,23,25,26). The smallest absolute Gasteiger partial charge is 0.354 e.